The van der Waals surface area contributed by atoms with Crippen LogP contribution < -0.4 is 3.97 Å². The zero-order valence-corrected chi connectivity index (χ0v) is 6.65. The molecule has 0 amide bonds. The molecule has 0 saturated heterocycles. The van der Waals surface area contributed by atoms with Crippen LogP contribution in [0.4, 0.5) is 0 Å². The van der Waals surface area contributed by atoms with Crippen LogP contribution in [0.2, 0.25) is 5.15 Å². The van der Waals surface area contributed by atoms with E-state index in [1.807, 2.05) is 19.1 Å². The van der Waals surface area contributed by atoms with E-state index in [2.05, 4.69) is 12.8 Å². The lowest BCUT2D eigenvalue weighted by molar-refractivity contribution is -0.486. The third-order valence-electron chi connectivity index (χ3n) is 1.04. The van der Waals surface area contributed by atoms with Crippen LogP contribution in [-0.4, -0.2) is 0 Å². The zero-order valence-electron chi connectivity index (χ0n) is 5.00. The van der Waals surface area contributed by atoms with E-state index < -0.39 is 0 Å². The fourth-order valence-corrected chi connectivity index (χ4v) is 0.914. The zero-order chi connectivity index (χ0) is 6.85. The first-order valence-corrected chi connectivity index (χ1v) is 3.35. The molecule has 0 unspecified atom stereocenters. The van der Waals surface area contributed by atoms with Crippen LogP contribution in [0.1, 0.15) is 5.56 Å². The Labute approximate surface area is 64.8 Å². The van der Waals surface area contributed by atoms with E-state index in [0.29, 0.717) is 5.15 Å². The number of pyridine rings is 1. The van der Waals surface area contributed by atoms with Crippen LogP contribution >= 0.6 is 24.4 Å². The number of nitrogens with zero attached hydrogens (tertiary/aromatic N) is 1. The van der Waals surface area contributed by atoms with Crippen molar-refractivity contribution >= 4 is 24.4 Å². The second kappa shape index (κ2) is 2.58. The number of hydrogen-bond acceptors (Lipinski definition) is 1. The van der Waals surface area contributed by atoms with E-state index in [4.69, 9.17) is 11.6 Å². The van der Waals surface area contributed by atoms with E-state index in [9.17, 15) is 0 Å². The average molecular weight is 161 g/mol. The molecule has 0 fully saturated rings. The predicted octanol–water partition coefficient (Wildman–Crippen LogP) is 1.63. The maximum atomic E-state index is 5.70. The van der Waals surface area contributed by atoms with Gasteiger partial charge < -0.3 is 0 Å². The number of halogens is 1. The second-order valence-electron chi connectivity index (χ2n) is 1.87. The van der Waals surface area contributed by atoms with Gasteiger partial charge in [0.05, 0.1) is 0 Å². The van der Waals surface area contributed by atoms with Crippen molar-refractivity contribution in [3.63, 3.8) is 0 Å². The molecule has 0 atom stereocenters. The highest BCUT2D eigenvalue weighted by Crippen LogP contribution is 2.03. The average Bonchev–Trinajstić information content (AvgIpc) is 1.80. The molecule has 0 aliphatic heterocycles. The van der Waals surface area contributed by atoms with E-state index in [-0.39, 0.29) is 0 Å². The van der Waals surface area contributed by atoms with Crippen molar-refractivity contribution in [2.45, 2.75) is 6.92 Å². The maximum Gasteiger partial charge on any atom is 0.288 e. The highest BCUT2D eigenvalue weighted by Gasteiger charge is 2.01. The Morgan fingerprint density at radius 1 is 1.67 bits per heavy atom. The summed E-state index contributed by atoms with van der Waals surface area (Å²) in [7, 11) is 0. The largest absolute Gasteiger partial charge is 0.288 e. The Kier molecular flexibility index (Phi) is 1.98. The van der Waals surface area contributed by atoms with Gasteiger partial charge in [-0.15, -0.1) is 3.97 Å². The normalized spacial score (nSPS) is 9.67. The summed E-state index contributed by atoms with van der Waals surface area (Å²) in [6.07, 6.45) is 1.81. The van der Waals surface area contributed by atoms with Crippen molar-refractivity contribution in [2.24, 2.45) is 0 Å². The fourth-order valence-electron chi connectivity index (χ4n) is 0.561. The second-order valence-corrected chi connectivity index (χ2v) is 2.69. The standard InChI is InChI=1S/C6H7ClNS/c1-5-2-3-8(9)6(7)4-5/h2-4,9H,1H3/q+1. The van der Waals surface area contributed by atoms with E-state index >= 15 is 0 Å². The highest BCUT2D eigenvalue weighted by molar-refractivity contribution is 7.73. The molecule has 0 spiro atoms. The van der Waals surface area contributed by atoms with Gasteiger partial charge in [-0.2, -0.15) is 0 Å². The molecule has 1 heterocycles. The van der Waals surface area contributed by atoms with Gasteiger partial charge in [-0.05, 0) is 24.1 Å². The summed E-state index contributed by atoms with van der Waals surface area (Å²) in [4.78, 5) is 0. The summed E-state index contributed by atoms with van der Waals surface area (Å²) < 4.78 is 1.56. The van der Waals surface area contributed by atoms with Crippen LogP contribution in [-0.2, 0) is 0 Å². The summed E-state index contributed by atoms with van der Waals surface area (Å²) in [5.74, 6) is 0. The molecule has 0 radical (unpaired) electrons. The Hall–Kier alpha value is -0.210. The Morgan fingerprint density at radius 2 is 2.33 bits per heavy atom. The van der Waals surface area contributed by atoms with Gasteiger partial charge in [0, 0.05) is 12.1 Å². The van der Waals surface area contributed by atoms with E-state index in [1.165, 1.54) is 0 Å². The summed E-state index contributed by atoms with van der Waals surface area (Å²) in [6.45, 7) is 1.99. The van der Waals surface area contributed by atoms with Gasteiger partial charge in [-0.1, -0.05) is 0 Å². The number of aromatic nitrogens is 1. The van der Waals surface area contributed by atoms with Gasteiger partial charge in [0.15, 0.2) is 6.20 Å². The van der Waals surface area contributed by atoms with Gasteiger partial charge >= 0.3 is 0 Å². The van der Waals surface area contributed by atoms with Gasteiger partial charge in [0.25, 0.3) is 5.15 Å². The third-order valence-corrected chi connectivity index (χ3v) is 1.80. The monoisotopic (exact) mass is 160 g/mol. The van der Waals surface area contributed by atoms with Crippen LogP contribution in [0.25, 0.3) is 0 Å². The molecule has 1 rings (SSSR count). The van der Waals surface area contributed by atoms with E-state index in [0.717, 1.165) is 5.56 Å². The molecule has 1 aromatic heterocycles. The molecule has 0 aliphatic carbocycles. The van der Waals surface area contributed by atoms with Crippen molar-refractivity contribution in [1.82, 2.24) is 0 Å². The Morgan fingerprint density at radius 3 is 2.78 bits per heavy atom. The van der Waals surface area contributed by atoms with Gasteiger partial charge in [-0.25, -0.2) is 0 Å². The summed E-state index contributed by atoms with van der Waals surface area (Å²) in [6, 6.07) is 3.80. The number of hydrogen-bond donors (Lipinski definition) is 1. The van der Waals surface area contributed by atoms with Crippen LogP contribution in [0, 0.1) is 6.92 Å². The Balaban J connectivity index is 3.17. The molecule has 0 aromatic carbocycles. The van der Waals surface area contributed by atoms with Crippen LogP contribution in [0.5, 0.6) is 0 Å². The van der Waals surface area contributed by atoms with Crippen molar-refractivity contribution in [3.05, 3.63) is 29.0 Å². The molecule has 48 valence electrons. The molecule has 9 heavy (non-hydrogen) atoms. The SMILES string of the molecule is Cc1cc[n+](S)c(Cl)c1. The number of rotatable bonds is 0. The lowest BCUT2D eigenvalue weighted by Crippen LogP contribution is -2.20. The van der Waals surface area contributed by atoms with Gasteiger partial charge in [-0.3, -0.25) is 0 Å². The molecular weight excluding hydrogens is 154 g/mol. The lowest BCUT2D eigenvalue weighted by atomic mass is 10.3. The molecule has 0 N–H and O–H groups in total. The molecule has 0 saturated carbocycles. The van der Waals surface area contributed by atoms with Crippen molar-refractivity contribution in [2.75, 3.05) is 0 Å². The topological polar surface area (TPSA) is 3.88 Å². The smallest absolute Gasteiger partial charge is 0.119 e. The fraction of sp³-hybridized carbons (Fsp3) is 0.167. The summed E-state index contributed by atoms with van der Waals surface area (Å²) >= 11 is 9.73. The maximum absolute atomic E-state index is 5.70. The minimum atomic E-state index is 0.637. The first-order chi connectivity index (χ1) is 4.20. The molecular formula is C6H7ClNS+. The summed E-state index contributed by atoms with van der Waals surface area (Å²) in [5.41, 5.74) is 1.14. The quantitative estimate of drug-likeness (QED) is 0.334. The Bertz CT molecular complexity index is 224. The van der Waals surface area contributed by atoms with Gasteiger partial charge in [0.2, 0.25) is 0 Å². The van der Waals surface area contributed by atoms with Crippen LogP contribution in [0.3, 0.4) is 0 Å². The highest BCUT2D eigenvalue weighted by atomic mass is 35.5. The molecule has 1 aromatic rings. The number of thiol groups is 1. The minimum Gasteiger partial charge on any atom is -0.119 e. The first kappa shape index (κ1) is 6.90. The van der Waals surface area contributed by atoms with Gasteiger partial charge in [0.1, 0.15) is 12.8 Å². The summed E-state index contributed by atoms with van der Waals surface area (Å²) in [5, 5.41) is 0.637. The lowest BCUT2D eigenvalue weighted by Gasteiger charge is -1.88. The van der Waals surface area contributed by atoms with Crippen molar-refractivity contribution in [1.29, 1.82) is 0 Å². The number of aryl methyl sites for hydroxylation is 1. The van der Waals surface area contributed by atoms with Crippen molar-refractivity contribution < 1.29 is 3.97 Å². The molecule has 0 aliphatic rings. The molecule has 3 heteroatoms. The van der Waals surface area contributed by atoms with Crippen LogP contribution in [0.15, 0.2) is 18.3 Å². The molecule has 1 nitrogen and oxygen atoms in total. The molecule has 0 bridgehead atoms. The third kappa shape index (κ3) is 1.60. The van der Waals surface area contributed by atoms with E-state index in [1.54, 1.807) is 10.2 Å². The first-order valence-electron chi connectivity index (χ1n) is 2.57. The minimum absolute atomic E-state index is 0.637. The predicted molar refractivity (Wildman–Crippen MR) is 40.8 cm³/mol. The van der Waals surface area contributed by atoms with Crippen molar-refractivity contribution in [3.8, 4) is 0 Å².